The van der Waals surface area contributed by atoms with Crippen LogP contribution in [0.1, 0.15) is 52.1 Å². The second kappa shape index (κ2) is 7.18. The second-order valence-corrected chi connectivity index (χ2v) is 6.96. The molecule has 0 radical (unpaired) electrons. The summed E-state index contributed by atoms with van der Waals surface area (Å²) in [5, 5.41) is 3.58. The molecule has 5 heteroatoms. The zero-order chi connectivity index (χ0) is 16.2. The maximum Gasteiger partial charge on any atom is 0.410 e. The molecule has 22 heavy (non-hydrogen) atoms. The Morgan fingerprint density at radius 3 is 2.91 bits per heavy atom. The largest absolute Gasteiger partial charge is 0.472 e. The number of likely N-dealkylation sites (tertiary alicyclic amines) is 1. The Kier molecular flexibility index (Phi) is 5.51. The molecule has 2 atom stereocenters. The van der Waals surface area contributed by atoms with Gasteiger partial charge in [0.2, 0.25) is 0 Å². The molecular weight excluding hydrogens is 280 g/mol. The van der Waals surface area contributed by atoms with Gasteiger partial charge in [0, 0.05) is 24.7 Å². The lowest BCUT2D eigenvalue weighted by molar-refractivity contribution is 0.0285. The van der Waals surface area contributed by atoms with E-state index in [1.54, 1.807) is 12.5 Å². The van der Waals surface area contributed by atoms with Gasteiger partial charge in [-0.1, -0.05) is 6.92 Å². The van der Waals surface area contributed by atoms with Crippen LogP contribution in [0.25, 0.3) is 0 Å². The fourth-order valence-corrected chi connectivity index (χ4v) is 2.86. The van der Waals surface area contributed by atoms with E-state index in [-0.39, 0.29) is 12.1 Å². The highest BCUT2D eigenvalue weighted by atomic mass is 16.6. The maximum absolute atomic E-state index is 12.2. The van der Waals surface area contributed by atoms with Gasteiger partial charge in [-0.3, -0.25) is 0 Å². The van der Waals surface area contributed by atoms with E-state index >= 15 is 0 Å². The van der Waals surface area contributed by atoms with E-state index in [9.17, 15) is 4.79 Å². The molecule has 5 nitrogen and oxygen atoms in total. The normalized spacial score (nSPS) is 20.2. The predicted octanol–water partition coefficient (Wildman–Crippen LogP) is 3.58. The molecule has 1 aliphatic rings. The lowest BCUT2D eigenvalue weighted by Gasteiger charge is -2.26. The Morgan fingerprint density at radius 1 is 1.55 bits per heavy atom. The van der Waals surface area contributed by atoms with Gasteiger partial charge in [-0.25, -0.2) is 4.79 Å². The molecule has 0 aromatic carbocycles. The van der Waals surface area contributed by atoms with Crippen LogP contribution in [0.15, 0.2) is 23.0 Å². The highest BCUT2D eigenvalue weighted by Gasteiger charge is 2.34. The van der Waals surface area contributed by atoms with E-state index in [0.29, 0.717) is 5.92 Å². The van der Waals surface area contributed by atoms with Gasteiger partial charge in [0.25, 0.3) is 0 Å². The quantitative estimate of drug-likeness (QED) is 0.903. The van der Waals surface area contributed by atoms with Crippen LogP contribution in [0.5, 0.6) is 0 Å². The number of hydrogen-bond acceptors (Lipinski definition) is 4. The molecule has 2 rings (SSSR count). The Balaban J connectivity index is 1.98. The van der Waals surface area contributed by atoms with Crippen molar-refractivity contribution in [2.24, 2.45) is 5.92 Å². The summed E-state index contributed by atoms with van der Waals surface area (Å²) >= 11 is 0. The summed E-state index contributed by atoms with van der Waals surface area (Å²) in [4.78, 5) is 14.0. The van der Waals surface area contributed by atoms with Crippen molar-refractivity contribution in [3.05, 3.63) is 24.2 Å². The highest BCUT2D eigenvalue weighted by Crippen LogP contribution is 2.31. The lowest BCUT2D eigenvalue weighted by atomic mass is 9.94. The van der Waals surface area contributed by atoms with Gasteiger partial charge in [0.1, 0.15) is 5.60 Å². The summed E-state index contributed by atoms with van der Waals surface area (Å²) in [6, 6.07) is 2.23. The smallest absolute Gasteiger partial charge is 0.410 e. The predicted molar refractivity (Wildman–Crippen MR) is 85.7 cm³/mol. The van der Waals surface area contributed by atoms with E-state index in [1.165, 1.54) is 0 Å². The molecule has 1 N–H and O–H groups in total. The Hall–Kier alpha value is -1.49. The molecule has 0 bridgehead atoms. The molecule has 2 heterocycles. The van der Waals surface area contributed by atoms with Crippen LogP contribution in [-0.4, -0.2) is 36.2 Å². The Bertz CT molecular complexity index is 465. The van der Waals surface area contributed by atoms with Crippen LogP contribution < -0.4 is 5.32 Å². The fourth-order valence-electron chi connectivity index (χ4n) is 2.86. The van der Waals surface area contributed by atoms with E-state index < -0.39 is 5.60 Å². The topological polar surface area (TPSA) is 54.7 Å². The van der Waals surface area contributed by atoms with Gasteiger partial charge in [-0.2, -0.15) is 0 Å². The van der Waals surface area contributed by atoms with Crippen molar-refractivity contribution in [1.82, 2.24) is 10.2 Å². The van der Waals surface area contributed by atoms with Crippen LogP contribution in [-0.2, 0) is 4.74 Å². The zero-order valence-corrected chi connectivity index (χ0v) is 14.1. The summed E-state index contributed by atoms with van der Waals surface area (Å²) in [6.45, 7) is 10.3. The first-order chi connectivity index (χ1) is 10.4. The molecule has 124 valence electrons. The minimum Gasteiger partial charge on any atom is -0.472 e. The van der Waals surface area contributed by atoms with Crippen molar-refractivity contribution in [2.45, 2.75) is 52.2 Å². The van der Waals surface area contributed by atoms with Gasteiger partial charge in [-0.05, 0) is 52.1 Å². The van der Waals surface area contributed by atoms with Gasteiger partial charge >= 0.3 is 6.09 Å². The van der Waals surface area contributed by atoms with Crippen molar-refractivity contribution < 1.29 is 13.9 Å². The van der Waals surface area contributed by atoms with Crippen molar-refractivity contribution in [1.29, 1.82) is 0 Å². The van der Waals surface area contributed by atoms with Gasteiger partial charge in [0.15, 0.2) is 0 Å². The average Bonchev–Trinajstić information content (AvgIpc) is 3.08. The van der Waals surface area contributed by atoms with Crippen LogP contribution >= 0.6 is 0 Å². The van der Waals surface area contributed by atoms with E-state index in [4.69, 9.17) is 9.15 Å². The Morgan fingerprint density at radius 2 is 2.32 bits per heavy atom. The number of amides is 1. The monoisotopic (exact) mass is 308 g/mol. The number of hydrogen-bond donors (Lipinski definition) is 1. The number of furan rings is 1. The maximum atomic E-state index is 12.2. The summed E-state index contributed by atoms with van der Waals surface area (Å²) in [5.74, 6) is 0.386. The second-order valence-electron chi connectivity index (χ2n) is 6.96. The van der Waals surface area contributed by atoms with E-state index in [1.807, 2.05) is 31.7 Å². The number of carbonyl (C=O) groups is 1. The summed E-state index contributed by atoms with van der Waals surface area (Å²) in [7, 11) is 0. The van der Waals surface area contributed by atoms with Gasteiger partial charge in [0.05, 0.1) is 12.5 Å². The summed E-state index contributed by atoms with van der Waals surface area (Å²) < 4.78 is 10.7. The third-order valence-corrected chi connectivity index (χ3v) is 3.86. The van der Waals surface area contributed by atoms with Crippen LogP contribution in [0.3, 0.4) is 0 Å². The number of nitrogens with zero attached hydrogens (tertiary/aromatic N) is 1. The lowest BCUT2D eigenvalue weighted by Crippen LogP contribution is -2.37. The molecule has 1 aromatic heterocycles. The number of carbonyl (C=O) groups excluding carboxylic acids is 1. The highest BCUT2D eigenvalue weighted by molar-refractivity contribution is 5.68. The van der Waals surface area contributed by atoms with Crippen LogP contribution in [0.2, 0.25) is 0 Å². The summed E-state index contributed by atoms with van der Waals surface area (Å²) in [6.07, 6.45) is 5.35. The van der Waals surface area contributed by atoms with E-state index in [2.05, 4.69) is 12.2 Å². The van der Waals surface area contributed by atoms with Crippen molar-refractivity contribution >= 4 is 6.09 Å². The minimum absolute atomic E-state index is 0.212. The SMILES string of the molecule is CCCNC(c1ccoc1)C1CCN(C(=O)OC(C)(C)C)C1. The first kappa shape index (κ1) is 16.9. The fraction of sp³-hybridized carbons (Fsp3) is 0.706. The average molecular weight is 308 g/mol. The van der Waals surface area contributed by atoms with Crippen LogP contribution in [0.4, 0.5) is 4.79 Å². The standard InChI is InChI=1S/C17H28N2O3/c1-5-8-18-15(14-7-10-21-12-14)13-6-9-19(11-13)16(20)22-17(2,3)4/h7,10,12-13,15,18H,5-6,8-9,11H2,1-4H3. The zero-order valence-electron chi connectivity index (χ0n) is 14.1. The van der Waals surface area contributed by atoms with Crippen LogP contribution in [0, 0.1) is 5.92 Å². The van der Waals surface area contributed by atoms with Crippen molar-refractivity contribution in [3.8, 4) is 0 Å². The van der Waals surface area contributed by atoms with E-state index in [0.717, 1.165) is 38.0 Å². The first-order valence-corrected chi connectivity index (χ1v) is 8.14. The molecule has 0 spiro atoms. The molecule has 0 aliphatic carbocycles. The number of rotatable bonds is 5. The molecule has 0 saturated carbocycles. The summed E-state index contributed by atoms with van der Waals surface area (Å²) in [5.41, 5.74) is 0.712. The van der Waals surface area contributed by atoms with Crippen molar-refractivity contribution in [2.75, 3.05) is 19.6 Å². The molecule has 1 aliphatic heterocycles. The minimum atomic E-state index is -0.445. The molecule has 1 aromatic rings. The third-order valence-electron chi connectivity index (χ3n) is 3.86. The number of ether oxygens (including phenoxy) is 1. The van der Waals surface area contributed by atoms with Gasteiger partial charge in [-0.15, -0.1) is 0 Å². The van der Waals surface area contributed by atoms with Crippen molar-refractivity contribution in [3.63, 3.8) is 0 Å². The molecule has 1 amide bonds. The Labute approximate surface area is 133 Å². The molecule has 2 unspecified atom stereocenters. The van der Waals surface area contributed by atoms with Gasteiger partial charge < -0.3 is 19.4 Å². The molecule has 1 saturated heterocycles. The third kappa shape index (κ3) is 4.50. The molecular formula is C17H28N2O3. The molecule has 1 fully saturated rings. The first-order valence-electron chi connectivity index (χ1n) is 8.14. The number of nitrogens with one attached hydrogen (secondary N) is 1.